The lowest BCUT2D eigenvalue weighted by Gasteiger charge is -2.39. The van der Waals surface area contributed by atoms with Gasteiger partial charge in [0.05, 0.1) is 24.0 Å². The number of nitrogens with zero attached hydrogens (tertiary/aromatic N) is 2. The first kappa shape index (κ1) is 23.4. The molecule has 0 aromatic carbocycles. The van der Waals surface area contributed by atoms with Crippen molar-refractivity contribution < 1.29 is 29.4 Å². The van der Waals surface area contributed by atoms with E-state index in [4.69, 9.17) is 11.5 Å². The number of carbonyl (C=O) groups is 4. The van der Waals surface area contributed by atoms with Crippen LogP contribution in [-0.4, -0.2) is 94.1 Å². The number of likely N-dealkylation sites (tertiary alicyclic amines) is 1. The van der Waals surface area contributed by atoms with Crippen LogP contribution in [0.25, 0.3) is 0 Å². The number of amides is 3. The van der Waals surface area contributed by atoms with Crippen molar-refractivity contribution in [3.05, 3.63) is 0 Å². The van der Waals surface area contributed by atoms with E-state index in [2.05, 4.69) is 5.32 Å². The SMILES string of the molecule is C[C@@H](O)[C@H](N)C(=O)N1CC[C@H](C(=O)N(C(=O)[C@H]2CCNC2)[C@](N)(C=O)[C@@H](C)O)C1. The van der Waals surface area contributed by atoms with Crippen molar-refractivity contribution in [1.29, 1.82) is 0 Å². The molecule has 0 aliphatic carbocycles. The van der Waals surface area contributed by atoms with Crippen LogP contribution >= 0.6 is 0 Å². The van der Waals surface area contributed by atoms with Crippen LogP contribution in [0.4, 0.5) is 0 Å². The zero-order chi connectivity index (χ0) is 21.9. The van der Waals surface area contributed by atoms with E-state index < -0.39 is 53.5 Å². The standard InChI is InChI=1S/C18H31N5O6/c1-10(25)14(19)17(29)22-6-4-13(8-22)16(28)23(18(20,9-24)11(2)26)15(27)12-3-5-21-7-12/h9-14,21,25-26H,3-8,19-20H2,1-2H3/t10-,11-,12+,13+,14+,18-/m1/s1. The predicted octanol–water partition coefficient (Wildman–Crippen LogP) is -3.26. The van der Waals surface area contributed by atoms with Gasteiger partial charge in [0.15, 0.2) is 11.9 Å². The van der Waals surface area contributed by atoms with E-state index in [9.17, 15) is 29.4 Å². The van der Waals surface area contributed by atoms with Crippen molar-refractivity contribution in [3.8, 4) is 0 Å². The Balaban J connectivity index is 2.25. The fourth-order valence-corrected chi connectivity index (χ4v) is 3.64. The van der Waals surface area contributed by atoms with Crippen molar-refractivity contribution in [3.63, 3.8) is 0 Å². The molecule has 11 nitrogen and oxygen atoms in total. The third-order valence-corrected chi connectivity index (χ3v) is 5.75. The second-order valence-corrected chi connectivity index (χ2v) is 7.92. The second-order valence-electron chi connectivity index (χ2n) is 7.92. The highest BCUT2D eigenvalue weighted by Gasteiger charge is 2.49. The van der Waals surface area contributed by atoms with E-state index in [0.29, 0.717) is 24.4 Å². The lowest BCUT2D eigenvalue weighted by molar-refractivity contribution is -0.164. The lowest BCUT2D eigenvalue weighted by Crippen LogP contribution is -2.69. The van der Waals surface area contributed by atoms with E-state index in [1.54, 1.807) is 0 Å². The lowest BCUT2D eigenvalue weighted by atomic mass is 9.96. The molecular weight excluding hydrogens is 382 g/mol. The summed E-state index contributed by atoms with van der Waals surface area (Å²) in [6.07, 6.45) is -1.59. The molecule has 0 bridgehead atoms. The highest BCUT2D eigenvalue weighted by atomic mass is 16.3. The summed E-state index contributed by atoms with van der Waals surface area (Å²) in [5, 5.41) is 22.6. The van der Waals surface area contributed by atoms with Crippen molar-refractivity contribution in [1.82, 2.24) is 15.1 Å². The summed E-state index contributed by atoms with van der Waals surface area (Å²) in [7, 11) is 0. The van der Waals surface area contributed by atoms with Crippen LogP contribution in [0.1, 0.15) is 26.7 Å². The summed E-state index contributed by atoms with van der Waals surface area (Å²) in [6.45, 7) is 3.77. The maximum atomic E-state index is 13.2. The van der Waals surface area contributed by atoms with Gasteiger partial charge in [0.1, 0.15) is 6.04 Å². The van der Waals surface area contributed by atoms with E-state index in [1.165, 1.54) is 18.7 Å². The largest absolute Gasteiger partial charge is 0.391 e. The Hall–Kier alpha value is -1.92. The molecule has 29 heavy (non-hydrogen) atoms. The normalized spacial score (nSPS) is 27.0. The van der Waals surface area contributed by atoms with Gasteiger partial charge in [-0.2, -0.15) is 0 Å². The highest BCUT2D eigenvalue weighted by Crippen LogP contribution is 2.26. The first-order chi connectivity index (χ1) is 13.5. The smallest absolute Gasteiger partial charge is 0.242 e. The van der Waals surface area contributed by atoms with Gasteiger partial charge in [-0.15, -0.1) is 0 Å². The molecule has 0 unspecified atom stereocenters. The zero-order valence-corrected chi connectivity index (χ0v) is 16.8. The number of aldehydes is 1. The zero-order valence-electron chi connectivity index (χ0n) is 16.8. The van der Waals surface area contributed by atoms with E-state index in [0.717, 1.165) is 0 Å². The van der Waals surface area contributed by atoms with Crippen molar-refractivity contribution >= 4 is 24.0 Å². The number of imide groups is 1. The summed E-state index contributed by atoms with van der Waals surface area (Å²) in [5.74, 6) is -3.15. The minimum absolute atomic E-state index is 0.0144. The molecule has 0 saturated carbocycles. The molecule has 2 saturated heterocycles. The van der Waals surface area contributed by atoms with Gasteiger partial charge < -0.3 is 26.2 Å². The fraction of sp³-hybridized carbons (Fsp3) is 0.778. The number of rotatable bonds is 7. The molecule has 2 aliphatic heterocycles. The Kier molecular flexibility index (Phi) is 7.46. The Bertz CT molecular complexity index is 651. The molecule has 7 N–H and O–H groups in total. The molecule has 164 valence electrons. The minimum Gasteiger partial charge on any atom is -0.391 e. The first-order valence-corrected chi connectivity index (χ1v) is 9.78. The van der Waals surface area contributed by atoms with Crippen molar-refractivity contribution in [2.75, 3.05) is 26.2 Å². The van der Waals surface area contributed by atoms with Gasteiger partial charge in [0.25, 0.3) is 0 Å². The van der Waals surface area contributed by atoms with Gasteiger partial charge >= 0.3 is 0 Å². The van der Waals surface area contributed by atoms with Gasteiger partial charge in [-0.25, -0.2) is 0 Å². The molecule has 0 spiro atoms. The Morgan fingerprint density at radius 2 is 1.83 bits per heavy atom. The molecule has 2 aliphatic rings. The average Bonchev–Trinajstić information content (AvgIpc) is 3.38. The molecule has 3 amide bonds. The molecule has 0 radical (unpaired) electrons. The van der Waals surface area contributed by atoms with E-state index in [1.807, 2.05) is 0 Å². The van der Waals surface area contributed by atoms with E-state index in [-0.39, 0.29) is 25.8 Å². The minimum atomic E-state index is -2.20. The molecule has 0 aromatic heterocycles. The number of nitrogens with one attached hydrogen (secondary N) is 1. The monoisotopic (exact) mass is 413 g/mol. The number of hydrogen-bond acceptors (Lipinski definition) is 9. The first-order valence-electron chi connectivity index (χ1n) is 9.78. The van der Waals surface area contributed by atoms with Gasteiger partial charge in [-0.3, -0.25) is 29.8 Å². The maximum absolute atomic E-state index is 13.2. The highest BCUT2D eigenvalue weighted by molar-refractivity contribution is 6.01. The molecule has 0 aromatic rings. The molecule has 11 heteroatoms. The van der Waals surface area contributed by atoms with Gasteiger partial charge in [-0.1, -0.05) is 0 Å². The maximum Gasteiger partial charge on any atom is 0.242 e. The molecular formula is C18H31N5O6. The van der Waals surface area contributed by atoms with Crippen LogP contribution in [0.5, 0.6) is 0 Å². The summed E-state index contributed by atoms with van der Waals surface area (Å²) in [5.41, 5.74) is 9.50. The number of aliphatic hydroxyl groups excluding tert-OH is 2. The van der Waals surface area contributed by atoms with Gasteiger partial charge in [0, 0.05) is 19.6 Å². The van der Waals surface area contributed by atoms with Crippen LogP contribution < -0.4 is 16.8 Å². The molecule has 2 heterocycles. The van der Waals surface area contributed by atoms with Crippen molar-refractivity contribution in [2.24, 2.45) is 23.3 Å². The molecule has 6 atom stereocenters. The number of aliphatic hydroxyl groups is 2. The Morgan fingerprint density at radius 1 is 1.21 bits per heavy atom. The molecule has 2 fully saturated rings. The quantitative estimate of drug-likeness (QED) is 0.163. The van der Waals surface area contributed by atoms with Gasteiger partial charge in [-0.05, 0) is 33.2 Å². The third kappa shape index (κ3) is 4.64. The summed E-state index contributed by atoms with van der Waals surface area (Å²) in [4.78, 5) is 52.4. The van der Waals surface area contributed by atoms with Crippen molar-refractivity contribution in [2.45, 2.75) is 50.6 Å². The van der Waals surface area contributed by atoms with Crippen LogP contribution in [-0.2, 0) is 19.2 Å². The van der Waals surface area contributed by atoms with Crippen LogP contribution in [0, 0.1) is 11.8 Å². The summed E-state index contributed by atoms with van der Waals surface area (Å²) in [6, 6.07) is -1.12. The Morgan fingerprint density at radius 3 is 2.31 bits per heavy atom. The topological polar surface area (TPSA) is 179 Å². The third-order valence-electron chi connectivity index (χ3n) is 5.75. The summed E-state index contributed by atoms with van der Waals surface area (Å²) >= 11 is 0. The average molecular weight is 413 g/mol. The van der Waals surface area contributed by atoms with Gasteiger partial charge in [0.2, 0.25) is 17.7 Å². The Labute approximate surface area is 169 Å². The second kappa shape index (κ2) is 9.26. The van der Waals surface area contributed by atoms with Crippen LogP contribution in [0.2, 0.25) is 0 Å². The number of hydrogen-bond donors (Lipinski definition) is 5. The number of nitrogens with two attached hydrogens (primary N) is 2. The fourth-order valence-electron chi connectivity index (χ4n) is 3.64. The number of carbonyl (C=O) groups excluding carboxylic acids is 4. The predicted molar refractivity (Wildman–Crippen MR) is 102 cm³/mol. The summed E-state index contributed by atoms with van der Waals surface area (Å²) < 4.78 is 0. The van der Waals surface area contributed by atoms with E-state index >= 15 is 0 Å². The molecule has 2 rings (SSSR count). The van der Waals surface area contributed by atoms with Crippen LogP contribution in [0.3, 0.4) is 0 Å². The van der Waals surface area contributed by atoms with Crippen LogP contribution in [0.15, 0.2) is 0 Å².